The minimum absolute atomic E-state index is 0.179. The van der Waals surface area contributed by atoms with Gasteiger partial charge in [0.25, 0.3) is 11.5 Å². The molecule has 0 spiro atoms. The van der Waals surface area contributed by atoms with Crippen LogP contribution in [0.15, 0.2) is 67.1 Å². The Morgan fingerprint density at radius 2 is 1.83 bits per heavy atom. The van der Waals surface area contributed by atoms with Gasteiger partial charge in [-0.25, -0.2) is 9.78 Å². The number of hydrogen-bond donors (Lipinski definition) is 1. The summed E-state index contributed by atoms with van der Waals surface area (Å²) in [6, 6.07) is 12.8. The number of benzene rings is 1. The van der Waals surface area contributed by atoms with Crippen molar-refractivity contribution in [3.8, 4) is 11.3 Å². The van der Waals surface area contributed by atoms with Crippen molar-refractivity contribution >= 4 is 32.9 Å². The van der Waals surface area contributed by atoms with Crippen LogP contribution >= 0.6 is 15.9 Å². The molecule has 0 fully saturated rings. The molecule has 0 bridgehead atoms. The molecule has 0 saturated carbocycles. The first-order chi connectivity index (χ1) is 14.3. The number of halogens is 1. The quantitative estimate of drug-likeness (QED) is 0.496. The normalized spacial score (nSPS) is 11.0. The summed E-state index contributed by atoms with van der Waals surface area (Å²) in [5.74, 6) is 0.888. The van der Waals surface area contributed by atoms with Crippen LogP contribution in [0.3, 0.4) is 0 Å². The Hall–Kier alpha value is -3.46. The first kappa shape index (κ1) is 19.8. The lowest BCUT2D eigenvalue weighted by Gasteiger charge is -2.08. The molecular formula is C21H17BrN4O4. The Balaban J connectivity index is 1.53. The molecule has 8 nitrogen and oxygen atoms in total. The molecule has 3 aromatic heterocycles. The lowest BCUT2D eigenvalue weighted by Crippen LogP contribution is -2.37. The first-order valence-corrected chi connectivity index (χ1v) is 9.83. The molecule has 0 aliphatic rings. The second-order valence-electron chi connectivity index (χ2n) is 6.76. The highest BCUT2D eigenvalue weighted by molar-refractivity contribution is 9.10. The zero-order valence-corrected chi connectivity index (χ0v) is 17.8. The van der Waals surface area contributed by atoms with Gasteiger partial charge in [-0.3, -0.25) is 18.7 Å². The fraction of sp³-hybridized carbons (Fsp3) is 0.143. The molecule has 1 aromatic carbocycles. The largest absolute Gasteiger partial charge is 0.459 e. The lowest BCUT2D eigenvalue weighted by atomic mass is 10.2. The second-order valence-corrected chi connectivity index (χ2v) is 7.67. The van der Waals surface area contributed by atoms with Crippen molar-refractivity contribution in [1.82, 2.24) is 19.4 Å². The van der Waals surface area contributed by atoms with E-state index >= 15 is 0 Å². The van der Waals surface area contributed by atoms with Crippen LogP contribution in [-0.4, -0.2) is 20.0 Å². The van der Waals surface area contributed by atoms with Gasteiger partial charge in [-0.15, -0.1) is 0 Å². The van der Waals surface area contributed by atoms with Crippen LogP contribution in [0.25, 0.3) is 22.4 Å². The summed E-state index contributed by atoms with van der Waals surface area (Å²) in [4.78, 5) is 41.1. The molecule has 0 aliphatic heterocycles. The Morgan fingerprint density at radius 1 is 1.10 bits per heavy atom. The highest BCUT2D eigenvalue weighted by Crippen LogP contribution is 2.24. The third kappa shape index (κ3) is 3.59. The van der Waals surface area contributed by atoms with E-state index < -0.39 is 17.2 Å². The predicted octanol–water partition coefficient (Wildman–Crippen LogP) is 2.58. The van der Waals surface area contributed by atoms with Crippen molar-refractivity contribution in [2.75, 3.05) is 0 Å². The lowest BCUT2D eigenvalue weighted by molar-refractivity contribution is 0.0948. The van der Waals surface area contributed by atoms with E-state index in [9.17, 15) is 14.4 Å². The first-order valence-electron chi connectivity index (χ1n) is 9.04. The van der Waals surface area contributed by atoms with Crippen LogP contribution in [0.5, 0.6) is 0 Å². The number of pyridine rings is 1. The molecule has 1 amide bonds. The van der Waals surface area contributed by atoms with Gasteiger partial charge in [0.2, 0.25) is 0 Å². The maximum atomic E-state index is 12.5. The van der Waals surface area contributed by atoms with Gasteiger partial charge in [0.15, 0.2) is 0 Å². The average Bonchev–Trinajstić information content (AvgIpc) is 3.23. The van der Waals surface area contributed by atoms with Crippen LogP contribution in [0.2, 0.25) is 0 Å². The minimum atomic E-state index is -0.500. The molecule has 152 valence electrons. The number of furan rings is 1. The number of amides is 1. The molecule has 4 aromatic rings. The zero-order chi connectivity index (χ0) is 21.4. The van der Waals surface area contributed by atoms with E-state index in [1.54, 1.807) is 6.07 Å². The van der Waals surface area contributed by atoms with E-state index in [1.165, 1.54) is 30.9 Å². The van der Waals surface area contributed by atoms with Gasteiger partial charge in [-0.05, 0) is 30.3 Å². The van der Waals surface area contributed by atoms with Gasteiger partial charge < -0.3 is 9.73 Å². The average molecular weight is 469 g/mol. The molecule has 0 radical (unpaired) electrons. The van der Waals surface area contributed by atoms with Crippen molar-refractivity contribution in [2.45, 2.75) is 6.54 Å². The molecule has 4 rings (SSSR count). The van der Waals surface area contributed by atoms with Crippen molar-refractivity contribution in [1.29, 1.82) is 0 Å². The number of aromatic nitrogens is 3. The van der Waals surface area contributed by atoms with Crippen molar-refractivity contribution < 1.29 is 9.21 Å². The number of nitrogens with one attached hydrogen (secondary N) is 1. The van der Waals surface area contributed by atoms with E-state index in [0.29, 0.717) is 11.5 Å². The number of fused-ring (bicyclic) bond motifs is 1. The number of hydrogen-bond acceptors (Lipinski definition) is 5. The fourth-order valence-corrected chi connectivity index (χ4v) is 3.37. The third-order valence-corrected chi connectivity index (χ3v) is 5.30. The highest BCUT2D eigenvalue weighted by atomic mass is 79.9. The minimum Gasteiger partial charge on any atom is -0.459 e. The Labute approximate surface area is 178 Å². The Kier molecular flexibility index (Phi) is 5.13. The van der Waals surface area contributed by atoms with Crippen LogP contribution in [0.4, 0.5) is 0 Å². The highest BCUT2D eigenvalue weighted by Gasteiger charge is 2.14. The maximum absolute atomic E-state index is 12.5. The summed E-state index contributed by atoms with van der Waals surface area (Å²) in [7, 11) is 2.91. The van der Waals surface area contributed by atoms with Gasteiger partial charge in [0.1, 0.15) is 17.2 Å². The van der Waals surface area contributed by atoms with Crippen molar-refractivity contribution in [3.05, 3.63) is 85.3 Å². The van der Waals surface area contributed by atoms with Crippen molar-refractivity contribution in [2.24, 2.45) is 14.1 Å². The van der Waals surface area contributed by atoms with Gasteiger partial charge in [0.05, 0.1) is 17.5 Å². The second kappa shape index (κ2) is 7.75. The molecule has 0 atom stereocenters. The predicted molar refractivity (Wildman–Crippen MR) is 115 cm³/mol. The smallest absolute Gasteiger partial charge is 0.332 e. The molecule has 1 N–H and O–H groups in total. The number of aryl methyl sites for hydroxylation is 1. The van der Waals surface area contributed by atoms with E-state index in [4.69, 9.17) is 4.42 Å². The van der Waals surface area contributed by atoms with Gasteiger partial charge in [-0.2, -0.15) is 0 Å². The number of carbonyl (C=O) groups excluding carboxylic acids is 1. The topological polar surface area (TPSA) is 99.1 Å². The monoisotopic (exact) mass is 468 g/mol. The number of nitrogens with zero attached hydrogens (tertiary/aromatic N) is 3. The SMILES string of the molecule is Cn1c(=O)c2cc(C(=O)NCc3ccc(-c4ccc(Br)cc4)o3)cnc2n(C)c1=O. The molecule has 9 heteroatoms. The zero-order valence-electron chi connectivity index (χ0n) is 16.2. The van der Waals surface area contributed by atoms with Gasteiger partial charge >= 0.3 is 5.69 Å². The van der Waals surface area contributed by atoms with E-state index in [1.807, 2.05) is 30.3 Å². The summed E-state index contributed by atoms with van der Waals surface area (Å²) in [6.07, 6.45) is 1.34. The summed E-state index contributed by atoms with van der Waals surface area (Å²) in [6.45, 7) is 0.179. The van der Waals surface area contributed by atoms with E-state index in [-0.39, 0.29) is 23.1 Å². The van der Waals surface area contributed by atoms with Crippen LogP contribution in [-0.2, 0) is 20.6 Å². The van der Waals surface area contributed by atoms with Gasteiger partial charge in [0, 0.05) is 30.3 Å². The molecule has 0 saturated heterocycles. The summed E-state index contributed by atoms with van der Waals surface area (Å²) < 4.78 is 9.02. The fourth-order valence-electron chi connectivity index (χ4n) is 3.10. The van der Waals surface area contributed by atoms with Crippen LogP contribution in [0, 0.1) is 0 Å². The van der Waals surface area contributed by atoms with Gasteiger partial charge in [-0.1, -0.05) is 28.1 Å². The number of rotatable bonds is 4. The summed E-state index contributed by atoms with van der Waals surface area (Å²) >= 11 is 3.40. The number of carbonyl (C=O) groups is 1. The van der Waals surface area contributed by atoms with Crippen molar-refractivity contribution in [3.63, 3.8) is 0 Å². The van der Waals surface area contributed by atoms with Crippen LogP contribution in [0.1, 0.15) is 16.1 Å². The third-order valence-electron chi connectivity index (χ3n) is 4.77. The van der Waals surface area contributed by atoms with E-state index in [0.717, 1.165) is 14.6 Å². The molecule has 30 heavy (non-hydrogen) atoms. The standard InChI is InChI=1S/C21H17BrN4O4/c1-25-18-16(20(28)26(2)21(25)29)9-13(10-23-18)19(27)24-11-15-7-8-17(30-15)12-3-5-14(22)6-4-12/h3-10H,11H2,1-2H3,(H,24,27). The van der Waals surface area contributed by atoms with Crippen LogP contribution < -0.4 is 16.6 Å². The molecular weight excluding hydrogens is 452 g/mol. The Bertz CT molecular complexity index is 1380. The molecule has 3 heterocycles. The molecule has 0 aliphatic carbocycles. The van der Waals surface area contributed by atoms with E-state index in [2.05, 4.69) is 26.2 Å². The summed E-state index contributed by atoms with van der Waals surface area (Å²) in [5.41, 5.74) is 0.399. The maximum Gasteiger partial charge on any atom is 0.332 e. The summed E-state index contributed by atoms with van der Waals surface area (Å²) in [5, 5.41) is 2.95. The molecule has 0 unspecified atom stereocenters. The Morgan fingerprint density at radius 3 is 2.57 bits per heavy atom.